The summed E-state index contributed by atoms with van der Waals surface area (Å²) in [6.45, 7) is 9.34. The van der Waals surface area contributed by atoms with Crippen molar-refractivity contribution in [3.05, 3.63) is 17.4 Å². The molecule has 0 spiro atoms. The summed E-state index contributed by atoms with van der Waals surface area (Å²) < 4.78 is 5.49. The van der Waals surface area contributed by atoms with Gasteiger partial charge in [-0.1, -0.05) is 34.7 Å². The topological polar surface area (TPSA) is 68.2 Å². The molecule has 2 rings (SSSR count). The summed E-state index contributed by atoms with van der Waals surface area (Å²) in [5.74, 6) is 0. The molecular weight excluding hydrogens is 380 g/mol. The van der Waals surface area contributed by atoms with Crippen LogP contribution in [-0.4, -0.2) is 38.9 Å². The van der Waals surface area contributed by atoms with Crippen molar-refractivity contribution in [2.45, 2.75) is 51.4 Å². The van der Waals surface area contributed by atoms with Gasteiger partial charge in [0.25, 0.3) is 0 Å². The molecule has 2 heterocycles. The molecule has 2 aromatic heterocycles. The van der Waals surface area contributed by atoms with Gasteiger partial charge in [0, 0.05) is 18.3 Å². The van der Waals surface area contributed by atoms with Gasteiger partial charge in [0.2, 0.25) is 0 Å². The van der Waals surface area contributed by atoms with Gasteiger partial charge in [-0.05, 0) is 40.9 Å². The molecule has 0 fully saturated rings. The lowest BCUT2D eigenvalue weighted by molar-refractivity contribution is 0.0570. The number of carbonyl (C=O) groups is 1. The third-order valence-electron chi connectivity index (χ3n) is 2.92. The van der Waals surface area contributed by atoms with E-state index in [1.165, 1.54) is 28.0 Å². The molecule has 0 radical (unpaired) electrons. The summed E-state index contributed by atoms with van der Waals surface area (Å²) in [5, 5.41) is 1.52. The number of nitrogens with zero attached hydrogens (tertiary/aromatic N) is 4. The van der Waals surface area contributed by atoms with E-state index in [-0.39, 0.29) is 6.04 Å². The van der Waals surface area contributed by atoms with Crippen molar-refractivity contribution in [2.24, 2.45) is 0 Å². The molecule has 0 aromatic carbocycles. The van der Waals surface area contributed by atoms with E-state index in [9.17, 15) is 4.79 Å². The minimum Gasteiger partial charge on any atom is -0.443 e. The number of thioether (sulfide) groups is 1. The van der Waals surface area contributed by atoms with E-state index < -0.39 is 11.7 Å². The first-order valence-corrected chi connectivity index (χ1v) is 10.1. The number of rotatable bonds is 4. The zero-order valence-electron chi connectivity index (χ0n) is 15.0. The van der Waals surface area contributed by atoms with E-state index in [0.29, 0.717) is 21.1 Å². The minimum atomic E-state index is -0.572. The van der Waals surface area contributed by atoms with Crippen LogP contribution >= 0.6 is 34.7 Å². The Morgan fingerprint density at radius 1 is 1.36 bits per heavy atom. The molecule has 0 unspecified atom stereocenters. The molecule has 0 bridgehead atoms. The summed E-state index contributed by atoms with van der Waals surface area (Å²) in [6, 6.07) is 1.59. The lowest BCUT2D eigenvalue weighted by Crippen LogP contribution is -2.41. The summed E-state index contributed by atoms with van der Waals surface area (Å²) >= 11 is 8.83. The average molecular weight is 401 g/mol. The van der Waals surface area contributed by atoms with E-state index in [0.717, 1.165) is 4.88 Å². The van der Waals surface area contributed by atoms with Gasteiger partial charge >= 0.3 is 6.09 Å². The highest BCUT2D eigenvalue weighted by atomic mass is 35.5. The Bertz CT molecular complexity index is 759. The predicted octanol–water partition coefficient (Wildman–Crippen LogP) is 5.13. The Morgan fingerprint density at radius 3 is 2.60 bits per heavy atom. The highest BCUT2D eigenvalue weighted by Crippen LogP contribution is 2.33. The van der Waals surface area contributed by atoms with Gasteiger partial charge in [0.1, 0.15) is 10.8 Å². The first-order chi connectivity index (χ1) is 11.6. The van der Waals surface area contributed by atoms with Gasteiger partial charge in [-0.25, -0.2) is 19.7 Å². The number of amides is 1. The molecule has 0 saturated carbocycles. The van der Waals surface area contributed by atoms with E-state index >= 15 is 0 Å². The Hall–Kier alpha value is -1.38. The van der Waals surface area contributed by atoms with Crippen LogP contribution in [-0.2, 0) is 4.74 Å². The zero-order chi connectivity index (χ0) is 18.8. The second kappa shape index (κ2) is 7.88. The van der Waals surface area contributed by atoms with Crippen LogP contribution in [0.5, 0.6) is 0 Å². The van der Waals surface area contributed by atoms with E-state index in [4.69, 9.17) is 16.3 Å². The maximum atomic E-state index is 12.5. The standard InChI is InChI=1S/C16H21ClN4O2S2/c1-9(2)21(15(22)23-16(3,4)5)14-18-8-11(25-14)10-7-12(17)20-13(19-10)24-6/h7-9H,1-6H3. The third-order valence-corrected chi connectivity index (χ3v) is 4.68. The Labute approximate surface area is 161 Å². The van der Waals surface area contributed by atoms with Gasteiger partial charge < -0.3 is 4.74 Å². The molecule has 0 aliphatic rings. The average Bonchev–Trinajstić information content (AvgIpc) is 2.93. The fourth-order valence-corrected chi connectivity index (χ4v) is 3.54. The molecule has 6 nitrogen and oxygen atoms in total. The third kappa shape index (κ3) is 5.29. The highest BCUT2D eigenvalue weighted by Gasteiger charge is 2.28. The van der Waals surface area contributed by atoms with Crippen molar-refractivity contribution in [1.29, 1.82) is 0 Å². The molecule has 0 atom stereocenters. The zero-order valence-corrected chi connectivity index (χ0v) is 17.4. The van der Waals surface area contributed by atoms with E-state index in [1.807, 2.05) is 40.9 Å². The quantitative estimate of drug-likeness (QED) is 0.402. The van der Waals surface area contributed by atoms with Crippen molar-refractivity contribution in [1.82, 2.24) is 15.0 Å². The Balaban J connectivity index is 2.34. The first kappa shape index (κ1) is 19.9. The second-order valence-electron chi connectivity index (χ2n) is 6.51. The molecule has 2 aromatic rings. The first-order valence-electron chi connectivity index (χ1n) is 7.67. The smallest absolute Gasteiger partial charge is 0.416 e. The molecule has 0 aliphatic heterocycles. The summed E-state index contributed by atoms with van der Waals surface area (Å²) in [7, 11) is 0. The van der Waals surface area contributed by atoms with Crippen LogP contribution in [0.15, 0.2) is 17.4 Å². The highest BCUT2D eigenvalue weighted by molar-refractivity contribution is 7.98. The van der Waals surface area contributed by atoms with Crippen LogP contribution in [0, 0.1) is 0 Å². The number of anilines is 1. The van der Waals surface area contributed by atoms with E-state index in [1.54, 1.807) is 12.3 Å². The molecule has 9 heteroatoms. The normalized spacial score (nSPS) is 11.7. The lowest BCUT2D eigenvalue weighted by atomic mass is 10.2. The van der Waals surface area contributed by atoms with Crippen LogP contribution in [0.2, 0.25) is 5.15 Å². The molecule has 0 aliphatic carbocycles. The molecule has 0 N–H and O–H groups in total. The second-order valence-corrected chi connectivity index (χ2v) is 8.68. The van der Waals surface area contributed by atoms with Gasteiger partial charge in [-0.2, -0.15) is 0 Å². The van der Waals surface area contributed by atoms with Crippen LogP contribution in [0.25, 0.3) is 10.6 Å². The predicted molar refractivity (Wildman–Crippen MR) is 104 cm³/mol. The SMILES string of the molecule is CSc1nc(Cl)cc(-c2cnc(N(C(=O)OC(C)(C)C)C(C)C)s2)n1. The molecule has 0 saturated heterocycles. The number of hydrogen-bond acceptors (Lipinski definition) is 7. The van der Waals surface area contributed by atoms with Gasteiger partial charge in [0.05, 0.1) is 10.6 Å². The Kier molecular flexibility index (Phi) is 6.29. The monoisotopic (exact) mass is 400 g/mol. The lowest BCUT2D eigenvalue weighted by Gasteiger charge is -2.28. The van der Waals surface area contributed by atoms with E-state index in [2.05, 4.69) is 15.0 Å². The minimum absolute atomic E-state index is 0.0930. The van der Waals surface area contributed by atoms with Gasteiger partial charge in [-0.3, -0.25) is 4.90 Å². The summed E-state index contributed by atoms with van der Waals surface area (Å²) in [6.07, 6.45) is 3.15. The van der Waals surface area contributed by atoms with Crippen LogP contribution < -0.4 is 4.90 Å². The number of carbonyl (C=O) groups excluding carboxylic acids is 1. The van der Waals surface area contributed by atoms with Crippen molar-refractivity contribution in [2.75, 3.05) is 11.2 Å². The van der Waals surface area contributed by atoms with Crippen LogP contribution in [0.3, 0.4) is 0 Å². The number of hydrogen-bond donors (Lipinski definition) is 0. The summed E-state index contributed by atoms with van der Waals surface area (Å²) in [4.78, 5) is 27.8. The number of halogens is 1. The number of thiazole rings is 1. The maximum absolute atomic E-state index is 12.5. The molecule has 1 amide bonds. The molecule has 25 heavy (non-hydrogen) atoms. The summed E-state index contributed by atoms with van der Waals surface area (Å²) in [5.41, 5.74) is 0.110. The largest absolute Gasteiger partial charge is 0.443 e. The van der Waals surface area contributed by atoms with Crippen LogP contribution in [0.1, 0.15) is 34.6 Å². The fourth-order valence-electron chi connectivity index (χ4n) is 1.93. The van der Waals surface area contributed by atoms with Crippen LogP contribution in [0.4, 0.5) is 9.93 Å². The number of aromatic nitrogens is 3. The Morgan fingerprint density at radius 2 is 2.04 bits per heavy atom. The molecule has 136 valence electrons. The maximum Gasteiger partial charge on any atom is 0.416 e. The van der Waals surface area contributed by atoms with Crippen molar-refractivity contribution in [3.8, 4) is 10.6 Å². The van der Waals surface area contributed by atoms with Gasteiger partial charge in [0.15, 0.2) is 10.3 Å². The van der Waals surface area contributed by atoms with Crippen molar-refractivity contribution < 1.29 is 9.53 Å². The van der Waals surface area contributed by atoms with Gasteiger partial charge in [-0.15, -0.1) is 0 Å². The van der Waals surface area contributed by atoms with Crippen molar-refractivity contribution in [3.63, 3.8) is 0 Å². The number of ether oxygens (including phenoxy) is 1. The van der Waals surface area contributed by atoms with Crippen molar-refractivity contribution >= 4 is 45.9 Å². The fraction of sp³-hybridized carbons (Fsp3) is 0.500. The molecular formula is C16H21ClN4O2S2.